The molecule has 72 heavy (non-hydrogen) atoms. The van der Waals surface area contributed by atoms with Gasteiger partial charge in [0.15, 0.2) is 0 Å². The van der Waals surface area contributed by atoms with E-state index >= 15 is 0 Å². The van der Waals surface area contributed by atoms with E-state index in [1.54, 1.807) is 128 Å². The number of thiol groups is 1. The highest BCUT2D eigenvalue weighted by atomic mass is 34.1. The average molecular weight is 2310 g/mol. The molecule has 0 aromatic carbocycles. The van der Waals surface area contributed by atoms with Gasteiger partial charge in [0, 0.05) is 501 Å². The van der Waals surface area contributed by atoms with Crippen molar-refractivity contribution in [2.45, 2.75) is 0 Å². The lowest BCUT2D eigenvalue weighted by molar-refractivity contribution is 5.59. The Balaban J connectivity index is 3.08. The Morgan fingerprint density at radius 1 is 0.139 bits per heavy atom. The molecular weight excluding hydrogens is 2310 g/mol. The second-order valence-corrected chi connectivity index (χ2v) is 131. The Hall–Kier alpha value is 24.9. The minimum absolute atomic E-state index is 0.386. The van der Waals surface area contributed by atoms with Gasteiger partial charge in [-0.05, 0) is 157 Å². The molecule has 434 valence electrons. The lowest BCUT2D eigenvalue weighted by Gasteiger charge is -2.01. The Kier molecular flexibility index (Phi) is 126. The molecule has 0 spiro atoms. The molecule has 0 aromatic rings. The number of rotatable bonds is 68. The van der Waals surface area contributed by atoms with E-state index in [0.29, 0.717) is 0 Å². The maximum Gasteiger partial charge on any atom is 0 e. The van der Waals surface area contributed by atoms with E-state index in [2.05, 4.69) is 11.7 Å². The first-order valence-electron chi connectivity index (χ1n) is 11.8. The molecule has 0 amide bonds. The van der Waals surface area contributed by atoms with Gasteiger partial charge in [-0.3, -0.25) is 7.05 Å². The average Bonchev–Trinajstić information content (AvgIpc) is 3.38. The van der Waals surface area contributed by atoms with Crippen LogP contribution >= 0.6 is 680 Å². The lowest BCUT2D eigenvalue weighted by atomic mass is 30.1. The van der Waals surface area contributed by atoms with E-state index in [1.807, 2.05) is 531 Å². The Morgan fingerprint density at radius 3 is 0.306 bits per heavy atom. The van der Waals surface area contributed by atoms with Gasteiger partial charge < -0.3 is 0 Å². The van der Waals surface area contributed by atoms with Crippen LogP contribution in [0, 0.1) is 0 Å². The van der Waals surface area contributed by atoms with Crippen LogP contribution in [-0.4, -0.2) is 0 Å². The highest BCUT2D eigenvalue weighted by Crippen LogP contribution is 2.71. The summed E-state index contributed by atoms with van der Waals surface area (Å²) < 4.78 is 0. The quantitative estimate of drug-likeness (QED) is 0.0266. The van der Waals surface area contributed by atoms with E-state index in [-0.39, 0.29) is 7.05 Å². The summed E-state index contributed by atoms with van der Waals surface area (Å²) in [7, 11) is 122. The molecule has 0 unspecified atom stereocenters. The SMILES string of the molecule is S=[S-](=S)SSSSSSSSSSSSSSSSSSSSSSSSSSSSSSSSSSSSSSSSSSSSSSSSSSSSSSSSSSSSSSSSSSSSS. The van der Waals surface area contributed by atoms with E-state index < -0.39 is 0 Å². The van der Waals surface area contributed by atoms with E-state index in [0.717, 1.165) is 0 Å². The van der Waals surface area contributed by atoms with Gasteiger partial charge in [0.25, 0.3) is 0 Å². The summed E-state index contributed by atoms with van der Waals surface area (Å²) in [6.45, 7) is 0. The molecule has 0 saturated carbocycles. The summed E-state index contributed by atoms with van der Waals surface area (Å²) >= 11 is 14.1. The topological polar surface area (TPSA) is 0 Å². The van der Waals surface area contributed by atoms with Crippen LogP contribution in [0.4, 0.5) is 0 Å². The molecule has 0 bridgehead atoms. The van der Waals surface area contributed by atoms with Gasteiger partial charge in [-0.1, -0.05) is 11.7 Å². The first-order chi connectivity index (χ1) is 35.8. The van der Waals surface area contributed by atoms with Crippen LogP contribution in [0.2, 0.25) is 0 Å². The van der Waals surface area contributed by atoms with Crippen LogP contribution < -0.4 is 0 Å². The van der Waals surface area contributed by atoms with Gasteiger partial charge in [-0.25, -0.2) is 22.4 Å². The predicted molar refractivity (Wildman–Crippen MR) is 547 cm³/mol. The van der Waals surface area contributed by atoms with Crippen molar-refractivity contribution in [3.8, 4) is 0 Å². The van der Waals surface area contributed by atoms with Crippen molar-refractivity contribution in [2.24, 2.45) is 0 Å². The predicted octanol–water partition coefficient (Wildman–Crippen LogP) is 44.5. The summed E-state index contributed by atoms with van der Waals surface area (Å²) in [5, 5.41) is 0. The summed E-state index contributed by atoms with van der Waals surface area (Å²) in [6, 6.07) is 0. The third kappa shape index (κ3) is 94.9. The summed E-state index contributed by atoms with van der Waals surface area (Å²) in [5.74, 6) is 0. The molecule has 0 saturated heterocycles. The molecule has 0 rings (SSSR count). The molecule has 0 N–H and O–H groups in total. The molecule has 0 atom stereocenters. The molecule has 0 aliphatic carbocycles. The Labute approximate surface area is 689 Å². The standard InChI is InChI=1S/HS72/c1-4-5-6-7-8-9-10-11-12-13-14-15-16-17-18-19-20-21-22-23-24-25-26-27-28-29-30-31-32-33-34-35-36-37-38-39-40-41-42-43-44-45-46-47-48-49-50-51-52-53-54-55-56-57-58-59-60-61-62-63-64-65-66-67-68-69-70-71-72(2)3/h1H/q-1. The van der Waals surface area contributed by atoms with Crippen LogP contribution in [0.1, 0.15) is 0 Å². The van der Waals surface area contributed by atoms with Crippen LogP contribution in [-0.2, 0) is 29.4 Å². The van der Waals surface area contributed by atoms with Gasteiger partial charge in [-0.2, -0.15) is 9.83 Å². The molecule has 0 radical (unpaired) electrons. The monoisotopic (exact) mass is 2300 g/mol. The molecular formula is HS72-. The minimum Gasteiger partial charge on any atom is -0.282 e. The first kappa shape index (κ1) is 96.9. The summed E-state index contributed by atoms with van der Waals surface area (Å²) in [6.07, 6.45) is 0. The largest absolute Gasteiger partial charge is 0.282 e. The molecule has 72 heteroatoms. The van der Waals surface area contributed by atoms with Gasteiger partial charge in [0.2, 0.25) is 0 Å². The lowest BCUT2D eigenvalue weighted by Crippen LogP contribution is -1.44. The second kappa shape index (κ2) is 94.0. The molecule has 0 aliphatic heterocycles. The number of hydrogen-bond acceptors (Lipinski definition) is 72. The highest BCUT2D eigenvalue weighted by molar-refractivity contribution is 9.65. The summed E-state index contributed by atoms with van der Waals surface area (Å²) in [4.78, 5) is 0. The van der Waals surface area contributed by atoms with Crippen LogP contribution in [0.25, 0.3) is 0 Å². The zero-order valence-corrected chi connectivity index (χ0v) is 88.3. The summed E-state index contributed by atoms with van der Waals surface area (Å²) in [5.41, 5.74) is 0. The van der Waals surface area contributed by atoms with Crippen molar-refractivity contribution in [1.29, 1.82) is 0 Å². The van der Waals surface area contributed by atoms with Gasteiger partial charge in [0.1, 0.15) is 0 Å². The van der Waals surface area contributed by atoms with Crippen molar-refractivity contribution in [3.05, 3.63) is 0 Å². The zero-order valence-electron chi connectivity index (χ0n) is 29.4. The fourth-order valence-corrected chi connectivity index (χ4v) is 188. The first-order valence-corrected chi connectivity index (χ1v) is 107. The van der Waals surface area contributed by atoms with Crippen LogP contribution in [0.5, 0.6) is 0 Å². The third-order valence-corrected chi connectivity index (χ3v) is 155. The smallest absolute Gasteiger partial charge is 0 e. The minimum atomic E-state index is -0.386. The van der Waals surface area contributed by atoms with Gasteiger partial charge in [0.05, 0.1) is 0 Å². The maximum atomic E-state index is 4.98. The highest BCUT2D eigenvalue weighted by Gasteiger charge is 2.06. The molecule has 0 aromatic heterocycles. The van der Waals surface area contributed by atoms with Crippen molar-refractivity contribution >= 4 is 709 Å². The molecule has 0 nitrogen and oxygen atoms in total. The molecule has 0 fully saturated rings. The number of hydrogen-bond donors (Lipinski definition) is 1. The van der Waals surface area contributed by atoms with Crippen molar-refractivity contribution in [2.75, 3.05) is 0 Å². The van der Waals surface area contributed by atoms with Crippen LogP contribution in [0.15, 0.2) is 0 Å². The normalized spacial score (nSPS) is 11.8. The van der Waals surface area contributed by atoms with Gasteiger partial charge in [-0.15, -0.1) is 0 Å². The second-order valence-electron chi connectivity index (χ2n) is 4.84. The Bertz CT molecular complexity index is 963. The van der Waals surface area contributed by atoms with Gasteiger partial charge >= 0.3 is 0 Å². The third-order valence-electron chi connectivity index (χ3n) is 1.92. The fraction of sp³-hybridized carbons (Fsp3) is 0. The van der Waals surface area contributed by atoms with Crippen molar-refractivity contribution in [3.63, 3.8) is 0 Å². The maximum absolute atomic E-state index is 4.98. The zero-order chi connectivity index (χ0) is 51.7. The Morgan fingerprint density at radius 2 is 0.222 bits per heavy atom. The van der Waals surface area contributed by atoms with Crippen molar-refractivity contribution in [1.82, 2.24) is 0 Å². The fourth-order valence-electron chi connectivity index (χ4n) is 0.772. The van der Waals surface area contributed by atoms with E-state index in [1.165, 1.54) is 9.83 Å². The van der Waals surface area contributed by atoms with E-state index in [9.17, 15) is 0 Å². The molecule has 0 heterocycles. The van der Waals surface area contributed by atoms with Crippen LogP contribution in [0.3, 0.4) is 0 Å². The van der Waals surface area contributed by atoms with Crippen molar-refractivity contribution < 1.29 is 0 Å². The van der Waals surface area contributed by atoms with E-state index in [4.69, 9.17) is 22.4 Å². The molecule has 0 aliphatic rings.